The molecule has 0 bridgehead atoms. The fourth-order valence-corrected chi connectivity index (χ4v) is 4.91. The smallest absolute Gasteiger partial charge is 0.271 e. The van der Waals surface area contributed by atoms with Gasteiger partial charge < -0.3 is 25.1 Å². The second-order valence-corrected chi connectivity index (χ2v) is 10.4. The average molecular weight is 545 g/mol. The van der Waals surface area contributed by atoms with Crippen molar-refractivity contribution in [3.8, 4) is 0 Å². The molecule has 210 valence electrons. The number of aromatic nitrogens is 1. The predicted octanol–water partition coefficient (Wildman–Crippen LogP) is 3.27. The van der Waals surface area contributed by atoms with Gasteiger partial charge in [0.05, 0.1) is 18.8 Å². The van der Waals surface area contributed by atoms with Crippen molar-refractivity contribution in [1.29, 1.82) is 0 Å². The number of ether oxygens (including phenoxy) is 1. The average Bonchev–Trinajstić information content (AvgIpc) is 3.41. The first-order valence-corrected chi connectivity index (χ1v) is 13.7. The number of rotatable bonds is 11. The fraction of sp³-hybridized carbons (Fsp3) is 0.387. The van der Waals surface area contributed by atoms with Crippen LogP contribution in [0, 0.1) is 5.92 Å². The van der Waals surface area contributed by atoms with Crippen molar-refractivity contribution < 1.29 is 23.9 Å². The van der Waals surface area contributed by atoms with Gasteiger partial charge in [0.25, 0.3) is 5.91 Å². The van der Waals surface area contributed by atoms with Crippen LogP contribution in [0.2, 0.25) is 0 Å². The van der Waals surface area contributed by atoms with E-state index in [0.717, 1.165) is 10.9 Å². The summed E-state index contributed by atoms with van der Waals surface area (Å²) in [6, 6.07) is 16.5. The Bertz CT molecular complexity index is 1340. The molecule has 2 N–H and O–H groups in total. The molecule has 1 saturated heterocycles. The van der Waals surface area contributed by atoms with Gasteiger partial charge in [0.15, 0.2) is 0 Å². The molecular weight excluding hydrogens is 508 g/mol. The molecule has 0 unspecified atom stereocenters. The number of hydrogen-bond acceptors (Lipinski definition) is 6. The molecule has 2 heterocycles. The maximum Gasteiger partial charge on any atom is 0.271 e. The summed E-state index contributed by atoms with van der Waals surface area (Å²) in [5, 5.41) is 7.17. The molecule has 3 amide bonds. The van der Waals surface area contributed by atoms with E-state index in [1.54, 1.807) is 13.1 Å². The molecule has 4 atom stereocenters. The van der Waals surface area contributed by atoms with Gasteiger partial charge in [-0.3, -0.25) is 19.4 Å². The monoisotopic (exact) mass is 544 g/mol. The number of aldehydes is 1. The first kappa shape index (κ1) is 28.9. The zero-order valence-electron chi connectivity index (χ0n) is 23.1. The van der Waals surface area contributed by atoms with E-state index in [-0.39, 0.29) is 36.6 Å². The molecule has 0 spiro atoms. The van der Waals surface area contributed by atoms with Crippen LogP contribution in [0.1, 0.15) is 49.7 Å². The third kappa shape index (κ3) is 6.71. The fourth-order valence-electron chi connectivity index (χ4n) is 4.91. The molecule has 1 aliphatic rings. The second kappa shape index (κ2) is 13.3. The number of nitrogens with zero attached hydrogens (tertiary/aromatic N) is 2. The van der Waals surface area contributed by atoms with E-state index >= 15 is 0 Å². The number of hydrogen-bond donors (Lipinski definition) is 2. The van der Waals surface area contributed by atoms with Crippen molar-refractivity contribution in [2.45, 2.75) is 64.4 Å². The molecule has 0 radical (unpaired) electrons. The lowest BCUT2D eigenvalue weighted by Crippen LogP contribution is -2.56. The van der Waals surface area contributed by atoms with Crippen LogP contribution in [0.5, 0.6) is 0 Å². The first-order chi connectivity index (χ1) is 19.3. The highest BCUT2D eigenvalue weighted by molar-refractivity contribution is 6.06. The molecule has 0 aliphatic carbocycles. The molecule has 2 aromatic carbocycles. The second-order valence-electron chi connectivity index (χ2n) is 10.4. The largest absolute Gasteiger partial charge is 0.372 e. The Hall–Kier alpha value is -4.11. The minimum atomic E-state index is -0.899. The van der Waals surface area contributed by atoms with Gasteiger partial charge in [-0.25, -0.2) is 0 Å². The molecule has 9 heteroatoms. The lowest BCUT2D eigenvalue weighted by molar-refractivity contribution is -0.141. The van der Waals surface area contributed by atoms with E-state index in [2.05, 4.69) is 15.6 Å². The van der Waals surface area contributed by atoms with Gasteiger partial charge in [-0.1, -0.05) is 75.4 Å². The summed E-state index contributed by atoms with van der Waals surface area (Å²) in [5.74, 6) is -1.53. The summed E-state index contributed by atoms with van der Waals surface area (Å²) in [7, 11) is 0. The molecule has 4 rings (SSSR count). The Balaban J connectivity index is 1.55. The van der Waals surface area contributed by atoms with Gasteiger partial charge in [-0.15, -0.1) is 0 Å². The maximum absolute atomic E-state index is 14.0. The Labute approximate surface area is 234 Å². The van der Waals surface area contributed by atoms with Crippen molar-refractivity contribution in [2.24, 2.45) is 5.92 Å². The number of carbonyl (C=O) groups excluding carboxylic acids is 4. The summed E-state index contributed by atoms with van der Waals surface area (Å²) in [6.45, 7) is 6.01. The van der Waals surface area contributed by atoms with Gasteiger partial charge in [-0.2, -0.15) is 0 Å². The molecule has 40 heavy (non-hydrogen) atoms. The number of likely N-dealkylation sites (tertiary alicyclic amines) is 1. The van der Waals surface area contributed by atoms with Gasteiger partial charge >= 0.3 is 0 Å². The quantitative estimate of drug-likeness (QED) is 0.358. The van der Waals surface area contributed by atoms with Gasteiger partial charge in [0.1, 0.15) is 24.1 Å². The first-order valence-electron chi connectivity index (χ1n) is 13.7. The van der Waals surface area contributed by atoms with Crippen LogP contribution in [0.3, 0.4) is 0 Å². The van der Waals surface area contributed by atoms with Crippen LogP contribution in [0.4, 0.5) is 0 Å². The van der Waals surface area contributed by atoms with Crippen LogP contribution >= 0.6 is 0 Å². The lowest BCUT2D eigenvalue weighted by Gasteiger charge is -2.30. The highest BCUT2D eigenvalue weighted by Gasteiger charge is 2.43. The summed E-state index contributed by atoms with van der Waals surface area (Å²) >= 11 is 0. The highest BCUT2D eigenvalue weighted by atomic mass is 16.5. The summed E-state index contributed by atoms with van der Waals surface area (Å²) in [4.78, 5) is 57.8. The number of pyridine rings is 1. The molecule has 1 aliphatic heterocycles. The van der Waals surface area contributed by atoms with Crippen molar-refractivity contribution in [1.82, 2.24) is 20.5 Å². The Kier molecular flexibility index (Phi) is 9.60. The minimum Gasteiger partial charge on any atom is -0.372 e. The van der Waals surface area contributed by atoms with Crippen LogP contribution in [-0.4, -0.2) is 64.7 Å². The molecule has 0 saturated carbocycles. The predicted molar refractivity (Wildman–Crippen MR) is 151 cm³/mol. The maximum atomic E-state index is 14.0. The topological polar surface area (TPSA) is 118 Å². The summed E-state index contributed by atoms with van der Waals surface area (Å²) in [5.41, 5.74) is 1.21. The van der Waals surface area contributed by atoms with Crippen LogP contribution in [-0.2, 0) is 25.7 Å². The van der Waals surface area contributed by atoms with Crippen LogP contribution < -0.4 is 10.6 Å². The van der Waals surface area contributed by atoms with Gasteiger partial charge in [0, 0.05) is 24.5 Å². The zero-order valence-corrected chi connectivity index (χ0v) is 23.1. The third-order valence-corrected chi connectivity index (χ3v) is 7.22. The number of benzene rings is 2. The Morgan fingerprint density at radius 1 is 1.05 bits per heavy atom. The van der Waals surface area contributed by atoms with Crippen molar-refractivity contribution in [3.05, 3.63) is 78.1 Å². The lowest BCUT2D eigenvalue weighted by atomic mass is 10.0. The normalized spacial score (nSPS) is 18.4. The highest BCUT2D eigenvalue weighted by Crippen LogP contribution is 2.25. The van der Waals surface area contributed by atoms with E-state index in [0.29, 0.717) is 24.7 Å². The number of carbonyl (C=O) groups is 4. The Morgan fingerprint density at radius 2 is 1.77 bits per heavy atom. The standard InChI is InChI=1S/C31H36N4O5/c1-4-23(18-36)33-29(37)26-16-24(40-19-21-10-6-5-7-11-21)17-35(26)31(39)27(20(2)3)34-30(38)28-25-13-9-8-12-22(25)14-15-32-28/h5-15,18,20,23-24,26-27H,4,16-17,19H2,1-3H3,(H,33,37)(H,34,38)/t23-,24+,26-,27-/m0/s1. The van der Waals surface area contributed by atoms with E-state index in [1.807, 2.05) is 74.5 Å². The summed E-state index contributed by atoms with van der Waals surface area (Å²) < 4.78 is 6.11. The zero-order chi connectivity index (χ0) is 28.6. The van der Waals surface area contributed by atoms with E-state index in [1.165, 1.54) is 4.90 Å². The molecule has 1 aromatic heterocycles. The number of nitrogens with one attached hydrogen (secondary N) is 2. The third-order valence-electron chi connectivity index (χ3n) is 7.22. The Morgan fingerprint density at radius 3 is 2.48 bits per heavy atom. The van der Waals surface area contributed by atoms with E-state index in [9.17, 15) is 19.2 Å². The van der Waals surface area contributed by atoms with Crippen molar-refractivity contribution in [3.63, 3.8) is 0 Å². The minimum absolute atomic E-state index is 0.188. The van der Waals surface area contributed by atoms with E-state index < -0.39 is 29.9 Å². The molecule has 1 fully saturated rings. The number of amides is 3. The number of fused-ring (bicyclic) bond motifs is 1. The van der Waals surface area contributed by atoms with Crippen LogP contribution in [0.25, 0.3) is 10.8 Å². The molecule has 3 aromatic rings. The van der Waals surface area contributed by atoms with Gasteiger partial charge in [-0.05, 0) is 29.4 Å². The molecular formula is C31H36N4O5. The van der Waals surface area contributed by atoms with E-state index in [4.69, 9.17) is 4.74 Å². The molecule has 9 nitrogen and oxygen atoms in total. The van der Waals surface area contributed by atoms with Crippen molar-refractivity contribution >= 4 is 34.8 Å². The summed E-state index contributed by atoms with van der Waals surface area (Å²) in [6.07, 6.45) is 2.59. The van der Waals surface area contributed by atoms with Crippen LogP contribution in [0.15, 0.2) is 66.9 Å². The SMILES string of the molecule is CC[C@@H](C=O)NC(=O)[C@@H]1C[C@@H](OCc2ccccc2)CN1C(=O)[C@@H](NC(=O)c1nccc2ccccc12)C(C)C. The van der Waals surface area contributed by atoms with Gasteiger partial charge in [0.2, 0.25) is 11.8 Å². The van der Waals surface area contributed by atoms with Crippen molar-refractivity contribution in [2.75, 3.05) is 6.54 Å².